The van der Waals surface area contributed by atoms with Crippen LogP contribution in [0.3, 0.4) is 0 Å². The molecule has 1 aromatic heterocycles. The summed E-state index contributed by atoms with van der Waals surface area (Å²) >= 11 is 5.54. The van der Waals surface area contributed by atoms with Crippen molar-refractivity contribution in [3.63, 3.8) is 0 Å². The van der Waals surface area contributed by atoms with Gasteiger partial charge in [0.25, 0.3) is 0 Å². The smallest absolute Gasteiger partial charge is 0.213 e. The quantitative estimate of drug-likeness (QED) is 0.774. The summed E-state index contributed by atoms with van der Waals surface area (Å²) in [6, 6.07) is 1.60. The lowest BCUT2D eigenvalue weighted by Gasteiger charge is -2.12. The van der Waals surface area contributed by atoms with E-state index in [4.69, 9.17) is 21.1 Å². The third-order valence-electron chi connectivity index (χ3n) is 1.81. The first-order chi connectivity index (χ1) is 6.72. The number of aromatic nitrogens is 1. The van der Waals surface area contributed by atoms with E-state index in [1.165, 1.54) is 20.4 Å². The first-order valence-corrected chi connectivity index (χ1v) is 4.58. The van der Waals surface area contributed by atoms with Gasteiger partial charge in [0.1, 0.15) is 5.75 Å². The van der Waals surface area contributed by atoms with Crippen LogP contribution in [0.4, 0.5) is 0 Å². The highest BCUT2D eigenvalue weighted by Crippen LogP contribution is 2.27. The van der Waals surface area contributed by atoms with Crippen LogP contribution in [0.5, 0.6) is 11.6 Å². The third kappa shape index (κ3) is 2.27. The first kappa shape index (κ1) is 11.1. The minimum absolute atomic E-state index is 0.101. The fourth-order valence-electron chi connectivity index (χ4n) is 1.06. The topological polar surface area (TPSA) is 51.6 Å². The first-order valence-electron chi connectivity index (χ1n) is 4.04. The molecule has 0 fully saturated rings. The molecule has 1 atom stereocenters. The number of nitrogens with zero attached hydrogens (tertiary/aromatic N) is 1. The van der Waals surface area contributed by atoms with E-state index in [1.54, 1.807) is 6.07 Å². The highest BCUT2D eigenvalue weighted by Gasteiger charge is 2.13. The van der Waals surface area contributed by atoms with E-state index in [2.05, 4.69) is 4.98 Å². The maximum atomic E-state index is 9.57. The number of pyridine rings is 1. The SMILES string of the molecule is COc1cc(C(O)CCl)c(OC)cn1. The Bertz CT molecular complexity index is 306. The predicted molar refractivity (Wildman–Crippen MR) is 53.0 cm³/mol. The monoisotopic (exact) mass is 217 g/mol. The summed E-state index contributed by atoms with van der Waals surface area (Å²) in [5.74, 6) is 1.02. The lowest BCUT2D eigenvalue weighted by molar-refractivity contribution is 0.196. The zero-order valence-corrected chi connectivity index (χ0v) is 8.78. The number of halogens is 1. The maximum absolute atomic E-state index is 9.57. The number of methoxy groups -OCH3 is 2. The second kappa shape index (κ2) is 5.02. The van der Waals surface area contributed by atoms with Gasteiger partial charge in [0.05, 0.1) is 32.4 Å². The zero-order valence-electron chi connectivity index (χ0n) is 8.03. The van der Waals surface area contributed by atoms with E-state index < -0.39 is 6.10 Å². The normalized spacial score (nSPS) is 12.3. The molecule has 14 heavy (non-hydrogen) atoms. The molecule has 0 amide bonds. The van der Waals surface area contributed by atoms with Crippen molar-refractivity contribution in [2.24, 2.45) is 0 Å². The highest BCUT2D eigenvalue weighted by atomic mass is 35.5. The van der Waals surface area contributed by atoms with Gasteiger partial charge >= 0.3 is 0 Å². The van der Waals surface area contributed by atoms with Crippen LogP contribution in [0.15, 0.2) is 12.3 Å². The van der Waals surface area contributed by atoms with Crippen LogP contribution in [0, 0.1) is 0 Å². The van der Waals surface area contributed by atoms with Crippen molar-refractivity contribution in [2.45, 2.75) is 6.10 Å². The van der Waals surface area contributed by atoms with Gasteiger partial charge < -0.3 is 14.6 Å². The maximum Gasteiger partial charge on any atom is 0.213 e. The van der Waals surface area contributed by atoms with Gasteiger partial charge in [0.2, 0.25) is 5.88 Å². The van der Waals surface area contributed by atoms with Gasteiger partial charge in [0, 0.05) is 11.6 Å². The molecule has 1 aromatic rings. The Morgan fingerprint density at radius 2 is 2.21 bits per heavy atom. The molecule has 0 aromatic carbocycles. The number of hydrogen-bond donors (Lipinski definition) is 1. The highest BCUT2D eigenvalue weighted by molar-refractivity contribution is 6.18. The molecule has 0 aliphatic rings. The van der Waals surface area contributed by atoms with Crippen LogP contribution in [-0.2, 0) is 0 Å². The molecule has 1 N–H and O–H groups in total. The third-order valence-corrected chi connectivity index (χ3v) is 2.10. The van der Waals surface area contributed by atoms with Crippen LogP contribution in [0.2, 0.25) is 0 Å². The number of hydrogen-bond acceptors (Lipinski definition) is 4. The molecule has 1 heterocycles. The summed E-state index contributed by atoms with van der Waals surface area (Å²) in [4.78, 5) is 3.94. The number of alkyl halides is 1. The lowest BCUT2D eigenvalue weighted by atomic mass is 10.1. The summed E-state index contributed by atoms with van der Waals surface area (Å²) in [5, 5.41) is 9.57. The molecule has 5 heteroatoms. The Labute approximate surface area is 87.4 Å². The van der Waals surface area contributed by atoms with Crippen molar-refractivity contribution in [1.29, 1.82) is 0 Å². The van der Waals surface area contributed by atoms with Crippen molar-refractivity contribution < 1.29 is 14.6 Å². The molecule has 0 aliphatic carbocycles. The van der Waals surface area contributed by atoms with Crippen molar-refractivity contribution >= 4 is 11.6 Å². The Morgan fingerprint density at radius 1 is 1.50 bits per heavy atom. The predicted octanol–water partition coefficient (Wildman–Crippen LogP) is 1.37. The van der Waals surface area contributed by atoms with Crippen LogP contribution in [0.1, 0.15) is 11.7 Å². The van der Waals surface area contributed by atoms with Crippen LogP contribution in [0.25, 0.3) is 0 Å². The van der Waals surface area contributed by atoms with E-state index >= 15 is 0 Å². The molecule has 0 spiro atoms. The van der Waals surface area contributed by atoms with Crippen LogP contribution in [-0.4, -0.2) is 30.2 Å². The van der Waals surface area contributed by atoms with Gasteiger partial charge in [-0.15, -0.1) is 11.6 Å². The van der Waals surface area contributed by atoms with Crippen molar-refractivity contribution in [1.82, 2.24) is 4.98 Å². The fourth-order valence-corrected chi connectivity index (χ4v) is 1.23. The van der Waals surface area contributed by atoms with E-state index in [-0.39, 0.29) is 5.88 Å². The largest absolute Gasteiger partial charge is 0.495 e. The molecule has 1 rings (SSSR count). The van der Waals surface area contributed by atoms with E-state index in [9.17, 15) is 5.11 Å². The molecule has 0 saturated carbocycles. The zero-order chi connectivity index (χ0) is 10.6. The summed E-state index contributed by atoms with van der Waals surface area (Å²) < 4.78 is 9.96. The number of ether oxygens (including phenoxy) is 2. The summed E-state index contributed by atoms with van der Waals surface area (Å²) in [5.41, 5.74) is 0.578. The van der Waals surface area contributed by atoms with Crippen molar-refractivity contribution in [3.05, 3.63) is 17.8 Å². The Balaban J connectivity index is 3.08. The van der Waals surface area contributed by atoms with Crippen molar-refractivity contribution in [3.8, 4) is 11.6 Å². The Morgan fingerprint density at radius 3 is 2.71 bits per heavy atom. The van der Waals surface area contributed by atoms with Gasteiger partial charge in [-0.2, -0.15) is 0 Å². The molecule has 78 valence electrons. The molecule has 4 nitrogen and oxygen atoms in total. The van der Waals surface area contributed by atoms with E-state index in [0.29, 0.717) is 17.2 Å². The summed E-state index contributed by atoms with van der Waals surface area (Å²) in [7, 11) is 3.01. The summed E-state index contributed by atoms with van der Waals surface area (Å²) in [6.07, 6.45) is 0.715. The van der Waals surface area contributed by atoms with Gasteiger partial charge in [-0.25, -0.2) is 4.98 Å². The van der Waals surface area contributed by atoms with Gasteiger partial charge in [-0.3, -0.25) is 0 Å². The molecule has 0 bridgehead atoms. The number of rotatable bonds is 4. The average molecular weight is 218 g/mol. The molecule has 0 aliphatic heterocycles. The Kier molecular flexibility index (Phi) is 3.98. The molecule has 1 unspecified atom stereocenters. The summed E-state index contributed by atoms with van der Waals surface area (Å²) in [6.45, 7) is 0. The van der Waals surface area contributed by atoms with Crippen LogP contribution >= 0.6 is 11.6 Å². The number of aliphatic hydroxyl groups is 1. The lowest BCUT2D eigenvalue weighted by Crippen LogP contribution is -2.03. The molecule has 0 radical (unpaired) electrons. The van der Waals surface area contributed by atoms with Crippen molar-refractivity contribution in [2.75, 3.05) is 20.1 Å². The van der Waals surface area contributed by atoms with Crippen LogP contribution < -0.4 is 9.47 Å². The van der Waals surface area contributed by atoms with Gasteiger partial charge in [-0.1, -0.05) is 0 Å². The minimum Gasteiger partial charge on any atom is -0.495 e. The minimum atomic E-state index is -0.775. The molecular weight excluding hydrogens is 206 g/mol. The molecule has 0 saturated heterocycles. The van der Waals surface area contributed by atoms with E-state index in [0.717, 1.165) is 0 Å². The van der Waals surface area contributed by atoms with Gasteiger partial charge in [0.15, 0.2) is 0 Å². The van der Waals surface area contributed by atoms with E-state index in [1.807, 2.05) is 0 Å². The average Bonchev–Trinajstić information content (AvgIpc) is 2.27. The van der Waals surface area contributed by atoms with Gasteiger partial charge in [-0.05, 0) is 0 Å². The second-order valence-corrected chi connectivity index (χ2v) is 2.95. The fraction of sp³-hybridized carbons (Fsp3) is 0.444. The number of aliphatic hydroxyl groups excluding tert-OH is 1. The second-order valence-electron chi connectivity index (χ2n) is 2.64. The standard InChI is InChI=1S/C9H12ClNO3/c1-13-8-5-11-9(14-2)3-6(8)7(12)4-10/h3,5,7,12H,4H2,1-2H3. The molecular formula is C9H12ClNO3. The Hall–Kier alpha value is -1.00.